The molecule has 0 saturated carbocycles. The minimum absolute atomic E-state index is 0.689. The lowest BCUT2D eigenvalue weighted by atomic mass is 10.2. The number of carbonyl (C=O) groups excluding carboxylic acids is 1. The molecule has 3 heterocycles. The number of halogens is 1. The van der Waals surface area contributed by atoms with Crippen LogP contribution in [-0.4, -0.2) is 15.8 Å². The summed E-state index contributed by atoms with van der Waals surface area (Å²) in [5.41, 5.74) is 1.54. The van der Waals surface area contributed by atoms with E-state index < -0.39 is 0 Å². The number of hydrogen-bond acceptors (Lipinski definition) is 3. The van der Waals surface area contributed by atoms with Gasteiger partial charge in [0.15, 0.2) is 6.29 Å². The van der Waals surface area contributed by atoms with Gasteiger partial charge in [0.1, 0.15) is 5.65 Å². The fraction of sp³-hybridized carbons (Fsp3) is 0.0769. The van der Waals surface area contributed by atoms with E-state index in [1.165, 1.54) is 4.88 Å². The average Bonchev–Trinajstić information content (AvgIpc) is 2.95. The topological polar surface area (TPSA) is 34.9 Å². The fourth-order valence-corrected chi connectivity index (χ4v) is 3.42. The Labute approximate surface area is 116 Å². The zero-order chi connectivity index (χ0) is 12.5. The van der Waals surface area contributed by atoms with Crippen LogP contribution in [0.1, 0.15) is 15.2 Å². The summed E-state index contributed by atoms with van der Waals surface area (Å²) in [6.07, 6.45) is 4.49. The van der Waals surface area contributed by atoms with Crippen molar-refractivity contribution >= 4 is 44.6 Å². The molecule has 0 amide bonds. The van der Waals surface area contributed by atoms with Crippen LogP contribution in [-0.2, 0) is 6.54 Å². The van der Waals surface area contributed by atoms with Gasteiger partial charge >= 0.3 is 0 Å². The highest BCUT2D eigenvalue weighted by molar-refractivity contribution is 9.10. The van der Waals surface area contributed by atoms with Crippen molar-refractivity contribution in [2.45, 2.75) is 6.54 Å². The van der Waals surface area contributed by atoms with E-state index in [0.29, 0.717) is 5.56 Å². The van der Waals surface area contributed by atoms with E-state index in [2.05, 4.69) is 32.4 Å². The van der Waals surface area contributed by atoms with E-state index in [4.69, 9.17) is 0 Å². The molecule has 0 spiro atoms. The van der Waals surface area contributed by atoms with Gasteiger partial charge in [-0.25, -0.2) is 4.98 Å². The van der Waals surface area contributed by atoms with Gasteiger partial charge < -0.3 is 4.57 Å². The minimum atomic E-state index is 0.689. The predicted octanol–water partition coefficient (Wildman–Crippen LogP) is 3.72. The lowest BCUT2D eigenvalue weighted by Gasteiger charge is -2.01. The molecule has 0 aliphatic heterocycles. The van der Waals surface area contributed by atoms with Gasteiger partial charge in [-0.2, -0.15) is 0 Å². The van der Waals surface area contributed by atoms with E-state index in [1.54, 1.807) is 17.5 Å². The van der Waals surface area contributed by atoms with Crippen LogP contribution in [0.25, 0.3) is 11.0 Å². The third kappa shape index (κ3) is 2.00. The number of nitrogens with zero attached hydrogens (tertiary/aromatic N) is 2. The molecule has 18 heavy (non-hydrogen) atoms. The molecule has 3 rings (SSSR count). The highest BCUT2D eigenvalue weighted by Crippen LogP contribution is 2.23. The van der Waals surface area contributed by atoms with Gasteiger partial charge in [0.05, 0.1) is 6.54 Å². The number of carbonyl (C=O) groups is 1. The number of aromatic nitrogens is 2. The van der Waals surface area contributed by atoms with E-state index in [-0.39, 0.29) is 0 Å². The Morgan fingerprint density at radius 2 is 2.39 bits per heavy atom. The van der Waals surface area contributed by atoms with Crippen molar-refractivity contribution in [2.24, 2.45) is 0 Å². The summed E-state index contributed by atoms with van der Waals surface area (Å²) >= 11 is 5.13. The molecule has 0 fully saturated rings. The zero-order valence-electron chi connectivity index (χ0n) is 9.34. The van der Waals surface area contributed by atoms with Crippen molar-refractivity contribution in [2.75, 3.05) is 0 Å². The first-order valence-corrected chi connectivity index (χ1v) is 7.07. The van der Waals surface area contributed by atoms with Crippen molar-refractivity contribution in [3.63, 3.8) is 0 Å². The van der Waals surface area contributed by atoms with Crippen molar-refractivity contribution in [3.8, 4) is 0 Å². The number of rotatable bonds is 3. The van der Waals surface area contributed by atoms with Crippen LogP contribution in [0.2, 0.25) is 0 Å². The molecule has 0 unspecified atom stereocenters. The van der Waals surface area contributed by atoms with Crippen LogP contribution in [0.4, 0.5) is 0 Å². The Kier molecular flexibility index (Phi) is 3.01. The quantitative estimate of drug-likeness (QED) is 0.689. The maximum Gasteiger partial charge on any atom is 0.152 e. The second kappa shape index (κ2) is 4.66. The van der Waals surface area contributed by atoms with Crippen LogP contribution in [0.15, 0.2) is 40.4 Å². The summed E-state index contributed by atoms with van der Waals surface area (Å²) in [7, 11) is 0. The molecule has 5 heteroatoms. The zero-order valence-corrected chi connectivity index (χ0v) is 11.7. The summed E-state index contributed by atoms with van der Waals surface area (Å²) in [6.45, 7) is 0.734. The van der Waals surface area contributed by atoms with Gasteiger partial charge in [-0.05, 0) is 34.1 Å². The molecule has 3 aromatic heterocycles. The highest BCUT2D eigenvalue weighted by atomic mass is 79.9. The first kappa shape index (κ1) is 11.6. The molecule has 0 aliphatic rings. The maximum absolute atomic E-state index is 11.0. The fourth-order valence-electron chi connectivity index (χ4n) is 1.97. The van der Waals surface area contributed by atoms with E-state index >= 15 is 0 Å². The first-order valence-electron chi connectivity index (χ1n) is 5.40. The van der Waals surface area contributed by atoms with Gasteiger partial charge in [0, 0.05) is 38.1 Å². The number of aldehydes is 1. The van der Waals surface area contributed by atoms with E-state index in [9.17, 15) is 4.79 Å². The molecule has 0 radical (unpaired) electrons. The van der Waals surface area contributed by atoms with E-state index in [1.807, 2.05) is 22.9 Å². The van der Waals surface area contributed by atoms with Gasteiger partial charge in [-0.1, -0.05) is 0 Å². The van der Waals surface area contributed by atoms with Crippen LogP contribution in [0.3, 0.4) is 0 Å². The van der Waals surface area contributed by atoms with Gasteiger partial charge in [-0.3, -0.25) is 4.79 Å². The van der Waals surface area contributed by atoms with Crippen molar-refractivity contribution in [3.05, 3.63) is 50.9 Å². The average molecular weight is 321 g/mol. The Hall–Kier alpha value is -1.46. The SMILES string of the molecule is O=Cc1cn(Cc2cc(Br)cs2)c2ncccc12. The van der Waals surface area contributed by atoms with Crippen LogP contribution in [0.5, 0.6) is 0 Å². The largest absolute Gasteiger partial charge is 0.327 e. The Balaban J connectivity index is 2.09. The van der Waals surface area contributed by atoms with Crippen LogP contribution in [0, 0.1) is 0 Å². The molecule has 0 aliphatic carbocycles. The van der Waals surface area contributed by atoms with Gasteiger partial charge in [0.2, 0.25) is 0 Å². The second-order valence-corrected chi connectivity index (χ2v) is 5.85. The second-order valence-electron chi connectivity index (χ2n) is 3.94. The van der Waals surface area contributed by atoms with Crippen molar-refractivity contribution in [1.82, 2.24) is 9.55 Å². The number of pyridine rings is 1. The minimum Gasteiger partial charge on any atom is -0.327 e. The molecular formula is C13H9BrN2OS. The first-order chi connectivity index (χ1) is 8.78. The molecule has 0 atom stereocenters. The lowest BCUT2D eigenvalue weighted by Crippen LogP contribution is -1.96. The Morgan fingerprint density at radius 3 is 3.11 bits per heavy atom. The Bertz CT molecular complexity index is 717. The normalized spacial score (nSPS) is 10.9. The van der Waals surface area contributed by atoms with Crippen molar-refractivity contribution < 1.29 is 4.79 Å². The summed E-state index contributed by atoms with van der Waals surface area (Å²) in [5, 5.41) is 2.96. The molecule has 3 nitrogen and oxygen atoms in total. The summed E-state index contributed by atoms with van der Waals surface area (Å²) in [4.78, 5) is 16.6. The Morgan fingerprint density at radius 1 is 1.50 bits per heavy atom. The van der Waals surface area contributed by atoms with Crippen LogP contribution < -0.4 is 0 Å². The lowest BCUT2D eigenvalue weighted by molar-refractivity contribution is 0.112. The number of thiophene rings is 1. The predicted molar refractivity (Wildman–Crippen MR) is 76.2 cm³/mol. The smallest absolute Gasteiger partial charge is 0.152 e. The van der Waals surface area contributed by atoms with Crippen molar-refractivity contribution in [1.29, 1.82) is 0 Å². The van der Waals surface area contributed by atoms with Gasteiger partial charge in [-0.15, -0.1) is 11.3 Å². The number of hydrogen-bond donors (Lipinski definition) is 0. The molecule has 90 valence electrons. The standard InChI is InChI=1S/C13H9BrN2OS/c14-10-4-11(18-8-10)6-16-5-9(7-17)12-2-1-3-15-13(12)16/h1-5,7-8H,6H2. The third-order valence-electron chi connectivity index (χ3n) is 2.74. The molecule has 3 aromatic rings. The maximum atomic E-state index is 11.0. The summed E-state index contributed by atoms with van der Waals surface area (Å²) in [5.74, 6) is 0. The molecular weight excluding hydrogens is 312 g/mol. The molecule has 0 N–H and O–H groups in total. The van der Waals surface area contributed by atoms with Gasteiger partial charge in [0.25, 0.3) is 0 Å². The van der Waals surface area contributed by atoms with Crippen LogP contribution >= 0.6 is 27.3 Å². The molecule has 0 aromatic carbocycles. The van der Waals surface area contributed by atoms with E-state index in [0.717, 1.165) is 28.3 Å². The number of fused-ring (bicyclic) bond motifs is 1. The summed E-state index contributed by atoms with van der Waals surface area (Å²) in [6, 6.07) is 5.86. The monoisotopic (exact) mass is 320 g/mol. The third-order valence-corrected chi connectivity index (χ3v) is 4.42. The summed E-state index contributed by atoms with van der Waals surface area (Å²) < 4.78 is 3.10. The molecule has 0 saturated heterocycles. The molecule has 0 bridgehead atoms. The highest BCUT2D eigenvalue weighted by Gasteiger charge is 2.09.